The highest BCUT2D eigenvalue weighted by Crippen LogP contribution is 2.18. The maximum Gasteiger partial charge on any atom is 0.128 e. The van der Waals surface area contributed by atoms with Gasteiger partial charge in [-0.15, -0.1) is 5.10 Å². The van der Waals surface area contributed by atoms with E-state index >= 15 is 0 Å². The van der Waals surface area contributed by atoms with Gasteiger partial charge < -0.3 is 5.32 Å². The van der Waals surface area contributed by atoms with Gasteiger partial charge in [0.05, 0.1) is 17.4 Å². The molecule has 114 valence electrons. The first-order valence-corrected chi connectivity index (χ1v) is 6.87. The summed E-state index contributed by atoms with van der Waals surface area (Å²) in [6.07, 6.45) is 1.85. The molecule has 0 aliphatic heterocycles. The van der Waals surface area contributed by atoms with Crippen LogP contribution in [0.2, 0.25) is 0 Å². The quantitative estimate of drug-likeness (QED) is 0.942. The summed E-state index contributed by atoms with van der Waals surface area (Å²) in [6, 6.07) is 3.14. The maximum atomic E-state index is 13.7. The number of benzene rings is 1. The largest absolute Gasteiger partial charge is 0.304 e. The summed E-state index contributed by atoms with van der Waals surface area (Å²) in [5.41, 5.74) is 0.928. The van der Waals surface area contributed by atoms with E-state index in [4.69, 9.17) is 0 Å². The van der Waals surface area contributed by atoms with E-state index in [1.54, 1.807) is 11.6 Å². The molecule has 1 unspecified atom stereocenters. The molecule has 1 heterocycles. The van der Waals surface area contributed by atoms with Crippen LogP contribution in [0.25, 0.3) is 0 Å². The van der Waals surface area contributed by atoms with Crippen molar-refractivity contribution in [2.45, 2.75) is 45.8 Å². The average molecular weight is 294 g/mol. The minimum Gasteiger partial charge on any atom is -0.304 e. The number of aromatic nitrogens is 3. The Morgan fingerprint density at radius 1 is 1.29 bits per heavy atom. The van der Waals surface area contributed by atoms with Gasteiger partial charge in [-0.3, -0.25) is 0 Å². The number of halogens is 2. The lowest BCUT2D eigenvalue weighted by molar-refractivity contribution is 0.347. The molecule has 1 aromatic carbocycles. The van der Waals surface area contributed by atoms with Gasteiger partial charge in [0.15, 0.2) is 0 Å². The van der Waals surface area contributed by atoms with Crippen LogP contribution in [0.4, 0.5) is 8.78 Å². The highest BCUT2D eigenvalue weighted by molar-refractivity contribution is 5.21. The van der Waals surface area contributed by atoms with Crippen molar-refractivity contribution in [3.8, 4) is 0 Å². The molecule has 0 bridgehead atoms. The summed E-state index contributed by atoms with van der Waals surface area (Å²) in [4.78, 5) is 0. The average Bonchev–Trinajstić information content (AvgIpc) is 2.87. The Bertz CT molecular complexity index is 616. The van der Waals surface area contributed by atoms with Crippen LogP contribution in [0.1, 0.15) is 45.0 Å². The van der Waals surface area contributed by atoms with Crippen molar-refractivity contribution in [2.75, 3.05) is 0 Å². The van der Waals surface area contributed by atoms with Crippen LogP contribution in [0, 0.1) is 11.6 Å². The smallest absolute Gasteiger partial charge is 0.128 e. The Labute approximate surface area is 123 Å². The Balaban J connectivity index is 2.02. The van der Waals surface area contributed by atoms with Crippen LogP contribution >= 0.6 is 0 Å². The Morgan fingerprint density at radius 3 is 2.62 bits per heavy atom. The fourth-order valence-electron chi connectivity index (χ4n) is 1.92. The molecule has 0 amide bonds. The highest BCUT2D eigenvalue weighted by Gasteiger charge is 2.16. The fraction of sp³-hybridized carbons (Fsp3) is 0.467. The SMILES string of the molecule is CC(NCc1cn(C(C)(C)C)nn1)c1cc(F)ccc1F. The topological polar surface area (TPSA) is 42.7 Å². The molecular formula is C15H20F2N4. The minimum atomic E-state index is -0.446. The molecule has 0 fully saturated rings. The maximum absolute atomic E-state index is 13.7. The van der Waals surface area contributed by atoms with Gasteiger partial charge in [-0.05, 0) is 45.9 Å². The second kappa shape index (κ2) is 5.89. The first-order valence-electron chi connectivity index (χ1n) is 6.87. The van der Waals surface area contributed by atoms with Crippen molar-refractivity contribution >= 4 is 0 Å². The van der Waals surface area contributed by atoms with E-state index in [0.29, 0.717) is 12.1 Å². The number of nitrogens with one attached hydrogen (secondary N) is 1. The van der Waals surface area contributed by atoms with Crippen LogP contribution < -0.4 is 5.32 Å². The van der Waals surface area contributed by atoms with Crippen LogP contribution in [0.15, 0.2) is 24.4 Å². The van der Waals surface area contributed by atoms with E-state index in [1.807, 2.05) is 27.0 Å². The van der Waals surface area contributed by atoms with Gasteiger partial charge >= 0.3 is 0 Å². The zero-order valence-corrected chi connectivity index (χ0v) is 12.7. The fourth-order valence-corrected chi connectivity index (χ4v) is 1.92. The molecule has 0 saturated heterocycles. The third kappa shape index (κ3) is 3.85. The summed E-state index contributed by atoms with van der Waals surface area (Å²) in [7, 11) is 0. The second-order valence-corrected chi connectivity index (χ2v) is 6.09. The molecule has 0 spiro atoms. The molecule has 4 nitrogen and oxygen atoms in total. The lowest BCUT2D eigenvalue weighted by Crippen LogP contribution is -2.22. The molecule has 1 atom stereocenters. The van der Waals surface area contributed by atoms with E-state index in [1.165, 1.54) is 6.07 Å². The lowest BCUT2D eigenvalue weighted by Gasteiger charge is -2.17. The molecule has 0 radical (unpaired) electrons. The Kier molecular flexibility index (Phi) is 4.37. The molecule has 21 heavy (non-hydrogen) atoms. The van der Waals surface area contributed by atoms with Gasteiger partial charge in [0.2, 0.25) is 0 Å². The van der Waals surface area contributed by atoms with E-state index in [-0.39, 0.29) is 11.6 Å². The van der Waals surface area contributed by atoms with Crippen LogP contribution in [0.3, 0.4) is 0 Å². The molecule has 0 saturated carbocycles. The zero-order valence-electron chi connectivity index (χ0n) is 12.7. The van der Waals surface area contributed by atoms with Gasteiger partial charge in [0.1, 0.15) is 11.6 Å². The van der Waals surface area contributed by atoms with Crippen molar-refractivity contribution < 1.29 is 8.78 Å². The number of nitrogens with zero attached hydrogens (tertiary/aromatic N) is 3. The van der Waals surface area contributed by atoms with Crippen molar-refractivity contribution in [3.63, 3.8) is 0 Å². The molecule has 0 aliphatic carbocycles. The van der Waals surface area contributed by atoms with E-state index in [9.17, 15) is 8.78 Å². The number of hydrogen-bond donors (Lipinski definition) is 1. The van der Waals surface area contributed by atoms with Gasteiger partial charge in [0.25, 0.3) is 0 Å². The van der Waals surface area contributed by atoms with Gasteiger partial charge in [-0.1, -0.05) is 5.21 Å². The lowest BCUT2D eigenvalue weighted by atomic mass is 10.1. The zero-order chi connectivity index (χ0) is 15.6. The van der Waals surface area contributed by atoms with E-state index < -0.39 is 11.6 Å². The van der Waals surface area contributed by atoms with Gasteiger partial charge in [-0.2, -0.15) is 0 Å². The van der Waals surface area contributed by atoms with E-state index in [0.717, 1.165) is 17.8 Å². The molecular weight excluding hydrogens is 274 g/mol. The van der Waals surface area contributed by atoms with Crippen molar-refractivity contribution in [2.24, 2.45) is 0 Å². The second-order valence-electron chi connectivity index (χ2n) is 6.09. The molecule has 2 rings (SSSR count). The van der Waals surface area contributed by atoms with Crippen LogP contribution in [-0.4, -0.2) is 15.0 Å². The van der Waals surface area contributed by atoms with Crippen molar-refractivity contribution in [1.82, 2.24) is 20.3 Å². The normalized spacial score (nSPS) is 13.4. The van der Waals surface area contributed by atoms with Gasteiger partial charge in [-0.25, -0.2) is 13.5 Å². The number of hydrogen-bond acceptors (Lipinski definition) is 3. The van der Waals surface area contributed by atoms with E-state index in [2.05, 4.69) is 15.6 Å². The van der Waals surface area contributed by atoms with Crippen LogP contribution in [-0.2, 0) is 12.1 Å². The summed E-state index contributed by atoms with van der Waals surface area (Å²) in [5, 5.41) is 11.3. The first kappa shape index (κ1) is 15.6. The molecule has 1 N–H and O–H groups in total. The third-order valence-corrected chi connectivity index (χ3v) is 3.24. The Hall–Kier alpha value is -1.82. The summed E-state index contributed by atoms with van der Waals surface area (Å²) in [6.45, 7) is 8.32. The third-order valence-electron chi connectivity index (χ3n) is 3.24. The summed E-state index contributed by atoms with van der Waals surface area (Å²) >= 11 is 0. The Morgan fingerprint density at radius 2 is 2.00 bits per heavy atom. The van der Waals surface area contributed by atoms with Gasteiger partial charge in [0, 0.05) is 18.2 Å². The number of rotatable bonds is 4. The summed E-state index contributed by atoms with van der Waals surface area (Å²) < 4.78 is 28.6. The summed E-state index contributed by atoms with van der Waals surface area (Å²) in [5.74, 6) is -0.867. The molecule has 2 aromatic rings. The standard InChI is InChI=1S/C15H20F2N4/c1-10(13-7-11(16)5-6-14(13)17)18-8-12-9-21(20-19-12)15(2,3)4/h5-7,9-10,18H,8H2,1-4H3. The predicted octanol–water partition coefficient (Wildman–Crippen LogP) is 3.16. The minimum absolute atomic E-state index is 0.133. The monoisotopic (exact) mass is 294 g/mol. The predicted molar refractivity (Wildman–Crippen MR) is 76.6 cm³/mol. The first-order chi connectivity index (χ1) is 9.77. The van der Waals surface area contributed by atoms with Crippen molar-refractivity contribution in [1.29, 1.82) is 0 Å². The van der Waals surface area contributed by atoms with Crippen molar-refractivity contribution in [3.05, 3.63) is 47.3 Å². The molecule has 1 aromatic heterocycles. The molecule has 0 aliphatic rings. The van der Waals surface area contributed by atoms with Crippen LogP contribution in [0.5, 0.6) is 0 Å². The molecule has 6 heteroatoms. The highest BCUT2D eigenvalue weighted by atomic mass is 19.1.